The first-order chi connectivity index (χ1) is 39.5. The molecule has 3 aliphatic heterocycles. The van der Waals surface area contributed by atoms with Crippen molar-refractivity contribution < 1.29 is 107 Å². The Bertz CT molecular complexity index is 2240. The number of aliphatic carboxylic acids is 2. The molecule has 0 unspecified atom stereocenters. The number of Topliss-reactive ketones (excluding diaryl/α,β-unsaturated/α-hetero) is 2. The molecule has 0 aromatic rings. The van der Waals surface area contributed by atoms with E-state index in [-0.39, 0.29) is 114 Å². The Labute approximate surface area is 481 Å². The van der Waals surface area contributed by atoms with Gasteiger partial charge in [-0.1, -0.05) is 26.7 Å². The SMILES string of the molecule is CCCOCCOCCOCCOCCC(=O)N1C[C@@H](C(=O)CCCCCC(=O)O[C@@H]([C@@H]2OC(C(=O)O)=C[C@H](N=C(N)N)[C@H]2C)[C@H](O)CO)[C@H](C(=O)CCCCCC(=O)O[C@@H]([C@@H]2OC(C(=O)O)=C[C@H](N=C(N)N)[C@H]2NC(C)=O)[C@H](O)CO)C1. The van der Waals surface area contributed by atoms with Crippen LogP contribution in [0.25, 0.3) is 0 Å². The number of nitrogens with one attached hydrogen (secondary N) is 1. The number of ketones is 2. The van der Waals surface area contributed by atoms with Gasteiger partial charge in [0.2, 0.25) is 23.3 Å². The quantitative estimate of drug-likeness (QED) is 0.0132. The van der Waals surface area contributed by atoms with Crippen molar-refractivity contribution >= 4 is 59.2 Å². The van der Waals surface area contributed by atoms with Gasteiger partial charge < -0.3 is 102 Å². The van der Waals surface area contributed by atoms with Gasteiger partial charge in [-0.25, -0.2) is 19.6 Å². The van der Waals surface area contributed by atoms with Gasteiger partial charge in [0.1, 0.15) is 29.9 Å². The number of unbranched alkanes of at least 4 members (excludes halogenated alkanes) is 4. The van der Waals surface area contributed by atoms with E-state index >= 15 is 0 Å². The molecule has 30 heteroatoms. The predicted octanol–water partition coefficient (Wildman–Crippen LogP) is -2.34. The normalized spacial score (nSPS) is 22.7. The van der Waals surface area contributed by atoms with Gasteiger partial charge in [0, 0.05) is 70.1 Å². The van der Waals surface area contributed by atoms with Crippen molar-refractivity contribution in [3.05, 3.63) is 23.7 Å². The maximum atomic E-state index is 13.9. The van der Waals surface area contributed by atoms with Gasteiger partial charge in [-0.2, -0.15) is 0 Å². The fraction of sp³-hybridized carbons (Fsp3) is 0.736. The van der Waals surface area contributed by atoms with Crippen molar-refractivity contribution in [1.29, 1.82) is 0 Å². The lowest BCUT2D eigenvalue weighted by molar-refractivity contribution is -0.176. The molecule has 3 heterocycles. The largest absolute Gasteiger partial charge is 0.479 e. The molecule has 0 aliphatic carbocycles. The Kier molecular flexibility index (Phi) is 32.1. The first kappa shape index (κ1) is 70.7. The van der Waals surface area contributed by atoms with Crippen LogP contribution in [0.4, 0.5) is 0 Å². The van der Waals surface area contributed by atoms with E-state index in [0.717, 1.165) is 19.4 Å². The van der Waals surface area contributed by atoms with E-state index < -0.39 is 133 Å². The fourth-order valence-corrected chi connectivity index (χ4v) is 9.51. The van der Waals surface area contributed by atoms with Crippen LogP contribution < -0.4 is 28.3 Å². The zero-order valence-electron chi connectivity index (χ0n) is 47.4. The summed E-state index contributed by atoms with van der Waals surface area (Å²) in [6.07, 6.45) is -5.52. The highest BCUT2D eigenvalue weighted by Crippen LogP contribution is 2.33. The molecule has 0 spiro atoms. The lowest BCUT2D eigenvalue weighted by atomic mass is 9.85. The molecule has 0 saturated carbocycles. The lowest BCUT2D eigenvalue weighted by Crippen LogP contribution is -2.60. The number of aliphatic hydroxyl groups excluding tert-OH is 4. The second kappa shape index (κ2) is 37.6. The zero-order valence-corrected chi connectivity index (χ0v) is 47.4. The number of hydrogen-bond donors (Lipinski definition) is 11. The molecular formula is C53H86N8O22. The number of carboxylic acids is 2. The number of likely N-dealkylation sites (tertiary alicyclic amines) is 1. The molecule has 0 aromatic heterocycles. The number of rotatable bonds is 41. The molecular weight excluding hydrogens is 1100 g/mol. The van der Waals surface area contributed by atoms with Gasteiger partial charge in [-0.15, -0.1) is 0 Å². The van der Waals surface area contributed by atoms with E-state index in [1.54, 1.807) is 6.92 Å². The Morgan fingerprint density at radius 3 is 1.46 bits per heavy atom. The second-order valence-corrected chi connectivity index (χ2v) is 20.2. The van der Waals surface area contributed by atoms with Crippen molar-refractivity contribution in [2.24, 2.45) is 50.7 Å². The summed E-state index contributed by atoms with van der Waals surface area (Å²) in [6, 6.07) is -3.46. The molecule has 3 rings (SSSR count). The number of aliphatic hydroxyl groups is 4. The molecule has 0 bridgehead atoms. The molecule has 15 N–H and O–H groups in total. The van der Waals surface area contributed by atoms with Crippen LogP contribution >= 0.6 is 0 Å². The summed E-state index contributed by atoms with van der Waals surface area (Å²) in [6.45, 7) is 5.71. The number of aliphatic imine (C=N–C) groups is 2. The number of nitrogens with zero attached hydrogens (tertiary/aromatic N) is 3. The number of guanidine groups is 2. The van der Waals surface area contributed by atoms with Crippen molar-refractivity contribution in [2.75, 3.05) is 79.2 Å². The molecule has 83 heavy (non-hydrogen) atoms. The summed E-state index contributed by atoms with van der Waals surface area (Å²) in [5.41, 5.74) is 22.2. The zero-order chi connectivity index (χ0) is 61.6. The molecule has 0 radical (unpaired) electrons. The topological polar surface area (TPSA) is 476 Å². The van der Waals surface area contributed by atoms with Crippen LogP contribution in [0.1, 0.15) is 97.8 Å². The van der Waals surface area contributed by atoms with E-state index in [1.807, 2.05) is 6.92 Å². The number of carbonyl (C=O) groups excluding carboxylic acids is 6. The van der Waals surface area contributed by atoms with Gasteiger partial charge in [0.15, 0.2) is 30.2 Å². The molecule has 2 amide bonds. The fourth-order valence-electron chi connectivity index (χ4n) is 9.51. The second-order valence-electron chi connectivity index (χ2n) is 20.2. The Hall–Kier alpha value is -6.54. The van der Waals surface area contributed by atoms with Crippen molar-refractivity contribution in [3.63, 3.8) is 0 Å². The van der Waals surface area contributed by atoms with E-state index in [1.165, 1.54) is 11.0 Å². The summed E-state index contributed by atoms with van der Waals surface area (Å²) in [5, 5.41) is 63.0. The van der Waals surface area contributed by atoms with E-state index in [0.29, 0.717) is 45.9 Å². The van der Waals surface area contributed by atoms with Crippen LogP contribution in [0.3, 0.4) is 0 Å². The van der Waals surface area contributed by atoms with Crippen LogP contribution in [0.2, 0.25) is 0 Å². The maximum absolute atomic E-state index is 13.9. The Balaban J connectivity index is 1.62. The smallest absolute Gasteiger partial charge is 0.370 e. The van der Waals surface area contributed by atoms with Crippen LogP contribution in [-0.4, -0.2) is 229 Å². The molecule has 3 aliphatic rings. The van der Waals surface area contributed by atoms with Gasteiger partial charge in [-0.3, -0.25) is 28.8 Å². The summed E-state index contributed by atoms with van der Waals surface area (Å²) < 4.78 is 44.2. The van der Waals surface area contributed by atoms with Crippen molar-refractivity contribution in [3.8, 4) is 0 Å². The highest BCUT2D eigenvalue weighted by atomic mass is 16.6. The first-order valence-electron chi connectivity index (χ1n) is 27.8. The van der Waals surface area contributed by atoms with Gasteiger partial charge >= 0.3 is 23.9 Å². The average molecular weight is 1190 g/mol. The number of carboxylic acid groups (broad SMARTS) is 2. The first-order valence-corrected chi connectivity index (χ1v) is 27.8. The minimum Gasteiger partial charge on any atom is -0.479 e. The third-order valence-electron chi connectivity index (χ3n) is 13.7. The van der Waals surface area contributed by atoms with E-state index in [9.17, 15) is 69.0 Å². The monoisotopic (exact) mass is 1190 g/mol. The van der Waals surface area contributed by atoms with Crippen LogP contribution in [0.15, 0.2) is 33.7 Å². The van der Waals surface area contributed by atoms with Crippen LogP contribution in [0.5, 0.6) is 0 Å². The Morgan fingerprint density at radius 1 is 0.614 bits per heavy atom. The molecule has 470 valence electrons. The van der Waals surface area contributed by atoms with Gasteiger partial charge in [0.05, 0.1) is 84.0 Å². The minimum atomic E-state index is -1.82. The van der Waals surface area contributed by atoms with Crippen molar-refractivity contribution in [2.45, 2.75) is 153 Å². The number of nitrogens with two attached hydrogens (primary N) is 4. The van der Waals surface area contributed by atoms with Crippen molar-refractivity contribution in [1.82, 2.24) is 10.2 Å². The predicted molar refractivity (Wildman–Crippen MR) is 291 cm³/mol. The molecule has 1 fully saturated rings. The highest BCUT2D eigenvalue weighted by molar-refractivity contribution is 5.92. The third kappa shape index (κ3) is 24.7. The summed E-state index contributed by atoms with van der Waals surface area (Å²) >= 11 is 0. The van der Waals surface area contributed by atoms with Gasteiger partial charge in [-0.05, 0) is 44.3 Å². The van der Waals surface area contributed by atoms with E-state index in [2.05, 4.69) is 15.3 Å². The highest BCUT2D eigenvalue weighted by Gasteiger charge is 2.47. The minimum absolute atomic E-state index is 0.00351. The lowest BCUT2D eigenvalue weighted by Gasteiger charge is -2.39. The van der Waals surface area contributed by atoms with E-state index in [4.69, 9.17) is 60.8 Å². The number of amides is 2. The number of carbonyl (C=O) groups is 8. The number of esters is 2. The maximum Gasteiger partial charge on any atom is 0.370 e. The average Bonchev–Trinajstić information content (AvgIpc) is 4.00. The van der Waals surface area contributed by atoms with Gasteiger partial charge in [0.25, 0.3) is 0 Å². The number of hydrogen-bond acceptors (Lipinski definition) is 22. The summed E-state index contributed by atoms with van der Waals surface area (Å²) in [7, 11) is 0. The van der Waals surface area contributed by atoms with Crippen LogP contribution in [0, 0.1) is 17.8 Å². The molecule has 12 atom stereocenters. The third-order valence-corrected chi connectivity index (χ3v) is 13.7. The summed E-state index contributed by atoms with van der Waals surface area (Å²) in [4.78, 5) is 113. The number of ether oxygens (including phenoxy) is 8. The van der Waals surface area contributed by atoms with Crippen LogP contribution in [-0.2, 0) is 76.3 Å². The molecule has 30 nitrogen and oxygen atoms in total. The standard InChI is InChI=1S/C53H86N8O22/c1-4-16-76-18-20-78-22-23-79-21-19-77-17-15-42(69)61-26-32(36(65)11-7-5-9-13-43(70)82-47(38(67)28-62)46-30(2)34(59-52(54)55)24-40(80-46)50(72)73)33(27-61)37(66)12-8-6-10-14-44(71)83-48(39(68)29-63)49-45(58-31(3)64)35(60-53(56)57)25-41(81-49)51(74)75/h24-25,30,32-35,38-39,45-49,62-63,67-68H,4-23,26-29H2,1-3H3,(H,58,64)(H,72,73)(H,74,75)(H4,54,55,59)(H4,56,57,60)/t30-,32-,33-,34+,35+,38-,39-,45-,46-,47-,48-,49-/m1/s1. The summed E-state index contributed by atoms with van der Waals surface area (Å²) in [5.74, 6) is -10.8. The molecule has 0 aromatic carbocycles. The molecule has 1 saturated heterocycles. The Morgan fingerprint density at radius 2 is 1.02 bits per heavy atom.